The van der Waals surface area contributed by atoms with E-state index < -0.39 is 11.2 Å². The molecule has 1 saturated carbocycles. The second-order valence-electron chi connectivity index (χ2n) is 5.87. The average Bonchev–Trinajstić information content (AvgIpc) is 3.18. The molecule has 122 valence electrons. The van der Waals surface area contributed by atoms with E-state index in [2.05, 4.69) is 15.2 Å². The van der Waals surface area contributed by atoms with Crippen LogP contribution in [0.2, 0.25) is 0 Å². The molecule has 0 radical (unpaired) electrons. The summed E-state index contributed by atoms with van der Waals surface area (Å²) in [5, 5.41) is 6.97. The summed E-state index contributed by atoms with van der Waals surface area (Å²) in [5.74, 6) is 0.675. The Bertz CT molecular complexity index is 667. The first-order valence-electron chi connectivity index (χ1n) is 7.74. The second kappa shape index (κ2) is 7.12. The third-order valence-electron chi connectivity index (χ3n) is 4.12. The number of thioether (sulfide) groups is 1. The van der Waals surface area contributed by atoms with Gasteiger partial charge >= 0.3 is 0 Å². The van der Waals surface area contributed by atoms with Crippen LogP contribution in [0.1, 0.15) is 42.3 Å². The molecule has 23 heavy (non-hydrogen) atoms. The zero-order chi connectivity index (χ0) is 16.2. The Morgan fingerprint density at radius 1 is 1.35 bits per heavy atom. The average molecular weight is 334 g/mol. The fourth-order valence-corrected chi connectivity index (χ4v) is 3.82. The fourth-order valence-electron chi connectivity index (χ4n) is 2.94. The van der Waals surface area contributed by atoms with E-state index in [1.54, 1.807) is 12.1 Å². The lowest BCUT2D eigenvalue weighted by molar-refractivity contribution is -0.117. The number of amides is 1. The molecular formula is C16H19FN4OS. The third kappa shape index (κ3) is 4.10. The highest BCUT2D eigenvalue weighted by Crippen LogP contribution is 2.33. The van der Waals surface area contributed by atoms with Crippen LogP contribution in [-0.4, -0.2) is 21.1 Å². The van der Waals surface area contributed by atoms with E-state index in [0.717, 1.165) is 12.2 Å². The van der Waals surface area contributed by atoms with Crippen LogP contribution in [0, 0.1) is 11.7 Å². The van der Waals surface area contributed by atoms with Crippen LogP contribution in [0.4, 0.5) is 4.39 Å². The zero-order valence-electron chi connectivity index (χ0n) is 12.7. The van der Waals surface area contributed by atoms with Gasteiger partial charge in [0.2, 0.25) is 11.1 Å². The topological polar surface area (TPSA) is 84.7 Å². The molecule has 1 heterocycles. The van der Waals surface area contributed by atoms with Crippen molar-refractivity contribution in [3.05, 3.63) is 41.5 Å². The van der Waals surface area contributed by atoms with Crippen molar-refractivity contribution in [3.63, 3.8) is 0 Å². The summed E-state index contributed by atoms with van der Waals surface area (Å²) < 4.78 is 13.0. The summed E-state index contributed by atoms with van der Waals surface area (Å²) in [6, 6.07) is 5.75. The summed E-state index contributed by atoms with van der Waals surface area (Å²) in [4.78, 5) is 16.2. The van der Waals surface area contributed by atoms with Gasteiger partial charge in [-0.05, 0) is 23.6 Å². The Labute approximate surface area is 138 Å². The van der Waals surface area contributed by atoms with E-state index in [1.165, 1.54) is 49.6 Å². The first kappa shape index (κ1) is 16.0. The van der Waals surface area contributed by atoms with E-state index in [1.807, 2.05) is 0 Å². The van der Waals surface area contributed by atoms with Gasteiger partial charge in [0.1, 0.15) is 16.9 Å². The molecule has 0 saturated heterocycles. The van der Waals surface area contributed by atoms with Crippen LogP contribution in [-0.2, 0) is 11.2 Å². The summed E-state index contributed by atoms with van der Waals surface area (Å²) in [7, 11) is 0. The first-order chi connectivity index (χ1) is 11.1. The second-order valence-corrected chi connectivity index (χ2v) is 6.94. The minimum atomic E-state index is -0.634. The highest BCUT2D eigenvalue weighted by Gasteiger charge is 2.23. The van der Waals surface area contributed by atoms with Crippen molar-refractivity contribution in [2.45, 2.75) is 42.5 Å². The van der Waals surface area contributed by atoms with Gasteiger partial charge in [0.05, 0.1) is 0 Å². The summed E-state index contributed by atoms with van der Waals surface area (Å²) in [5.41, 5.74) is 6.12. The molecule has 3 rings (SSSR count). The zero-order valence-corrected chi connectivity index (χ0v) is 13.5. The number of nitrogens with one attached hydrogen (secondary N) is 1. The number of carbonyl (C=O) groups excluding carboxylic acids is 1. The van der Waals surface area contributed by atoms with E-state index in [9.17, 15) is 9.18 Å². The summed E-state index contributed by atoms with van der Waals surface area (Å²) >= 11 is 1.18. The molecule has 1 aromatic carbocycles. The SMILES string of the molecule is NC(=O)C(Sc1n[nH]c(CC2CCCC2)n1)c1ccc(F)cc1. The molecule has 1 unspecified atom stereocenters. The third-order valence-corrected chi connectivity index (χ3v) is 5.26. The fraction of sp³-hybridized carbons (Fsp3) is 0.438. The summed E-state index contributed by atoms with van der Waals surface area (Å²) in [6.07, 6.45) is 5.94. The Hall–Kier alpha value is -1.89. The maximum atomic E-state index is 13.0. The van der Waals surface area contributed by atoms with Gasteiger partial charge in [-0.25, -0.2) is 9.37 Å². The molecule has 0 bridgehead atoms. The quantitative estimate of drug-likeness (QED) is 0.795. The van der Waals surface area contributed by atoms with Crippen molar-refractivity contribution in [3.8, 4) is 0 Å². The van der Waals surface area contributed by atoms with Crippen molar-refractivity contribution < 1.29 is 9.18 Å². The van der Waals surface area contributed by atoms with E-state index in [4.69, 9.17) is 5.73 Å². The van der Waals surface area contributed by atoms with Crippen molar-refractivity contribution in [1.82, 2.24) is 15.2 Å². The summed E-state index contributed by atoms with van der Waals surface area (Å²) in [6.45, 7) is 0. The maximum Gasteiger partial charge on any atom is 0.235 e. The molecule has 2 aromatic rings. The Morgan fingerprint density at radius 3 is 2.70 bits per heavy atom. The molecule has 0 aliphatic heterocycles. The van der Waals surface area contributed by atoms with Gasteiger partial charge in [-0.1, -0.05) is 49.6 Å². The van der Waals surface area contributed by atoms with Gasteiger partial charge in [-0.15, -0.1) is 5.10 Å². The predicted octanol–water partition coefficient (Wildman–Crippen LogP) is 3.00. The minimum Gasteiger partial charge on any atom is -0.368 e. The molecule has 7 heteroatoms. The number of nitrogens with zero attached hydrogens (tertiary/aromatic N) is 2. The van der Waals surface area contributed by atoms with Crippen molar-refractivity contribution >= 4 is 17.7 Å². The first-order valence-corrected chi connectivity index (χ1v) is 8.62. The lowest BCUT2D eigenvalue weighted by Crippen LogP contribution is -2.19. The molecule has 1 aliphatic rings. The molecule has 5 nitrogen and oxygen atoms in total. The maximum absolute atomic E-state index is 13.0. The molecule has 1 aliphatic carbocycles. The molecule has 1 atom stereocenters. The highest BCUT2D eigenvalue weighted by atomic mass is 32.2. The van der Waals surface area contributed by atoms with Crippen LogP contribution in [0.5, 0.6) is 0 Å². The van der Waals surface area contributed by atoms with E-state index in [0.29, 0.717) is 16.6 Å². The van der Waals surface area contributed by atoms with Gasteiger partial charge in [-0.2, -0.15) is 0 Å². The Morgan fingerprint density at radius 2 is 2.04 bits per heavy atom. The van der Waals surface area contributed by atoms with E-state index in [-0.39, 0.29) is 5.82 Å². The van der Waals surface area contributed by atoms with Gasteiger partial charge in [0.25, 0.3) is 0 Å². The van der Waals surface area contributed by atoms with Crippen LogP contribution in [0.25, 0.3) is 0 Å². The molecule has 1 aromatic heterocycles. The number of hydrogen-bond acceptors (Lipinski definition) is 4. The molecular weight excluding hydrogens is 315 g/mol. The van der Waals surface area contributed by atoms with Gasteiger partial charge < -0.3 is 5.73 Å². The monoisotopic (exact) mass is 334 g/mol. The lowest BCUT2D eigenvalue weighted by atomic mass is 10.0. The highest BCUT2D eigenvalue weighted by molar-refractivity contribution is 8.00. The Kier molecular flexibility index (Phi) is 4.95. The number of hydrogen-bond donors (Lipinski definition) is 2. The lowest BCUT2D eigenvalue weighted by Gasteiger charge is -2.11. The van der Waals surface area contributed by atoms with Gasteiger partial charge in [-0.3, -0.25) is 9.89 Å². The predicted molar refractivity (Wildman–Crippen MR) is 86.2 cm³/mol. The number of benzene rings is 1. The normalized spacial score (nSPS) is 16.6. The number of carbonyl (C=O) groups is 1. The van der Waals surface area contributed by atoms with Crippen LogP contribution in [0.15, 0.2) is 29.4 Å². The van der Waals surface area contributed by atoms with Crippen molar-refractivity contribution in [2.75, 3.05) is 0 Å². The molecule has 1 fully saturated rings. The molecule has 1 amide bonds. The van der Waals surface area contributed by atoms with Crippen molar-refractivity contribution in [2.24, 2.45) is 11.7 Å². The van der Waals surface area contributed by atoms with Crippen molar-refractivity contribution in [1.29, 1.82) is 0 Å². The number of primary amides is 1. The Balaban J connectivity index is 1.69. The van der Waals surface area contributed by atoms with Gasteiger partial charge in [0.15, 0.2) is 0 Å². The van der Waals surface area contributed by atoms with Crippen LogP contribution in [0.3, 0.4) is 0 Å². The standard InChI is InChI=1S/C16H19FN4OS/c17-12-7-5-11(6-8-12)14(15(18)22)23-16-19-13(20-21-16)9-10-3-1-2-4-10/h5-8,10,14H,1-4,9H2,(H2,18,22)(H,19,20,21). The number of H-pyrrole nitrogens is 1. The van der Waals surface area contributed by atoms with Gasteiger partial charge in [0, 0.05) is 6.42 Å². The number of aromatic amines is 1. The number of aromatic nitrogens is 3. The number of nitrogens with two attached hydrogens (primary N) is 1. The minimum absolute atomic E-state index is 0.348. The number of rotatable bonds is 6. The molecule has 3 N–H and O–H groups in total. The van der Waals surface area contributed by atoms with Crippen LogP contribution >= 0.6 is 11.8 Å². The largest absolute Gasteiger partial charge is 0.368 e. The smallest absolute Gasteiger partial charge is 0.235 e. The number of halogens is 1. The van der Waals surface area contributed by atoms with E-state index >= 15 is 0 Å². The van der Waals surface area contributed by atoms with Crippen LogP contribution < -0.4 is 5.73 Å². The molecule has 0 spiro atoms.